The van der Waals surface area contributed by atoms with Gasteiger partial charge in [0.25, 0.3) is 0 Å². The van der Waals surface area contributed by atoms with Crippen LogP contribution >= 0.6 is 11.3 Å². The van der Waals surface area contributed by atoms with Crippen LogP contribution in [0.1, 0.15) is 26.8 Å². The number of carboxylic acid groups (broad SMARTS) is 1. The molecular weight excluding hydrogens is 230 g/mol. The summed E-state index contributed by atoms with van der Waals surface area (Å²) in [6, 6.07) is 0. The summed E-state index contributed by atoms with van der Waals surface area (Å²) in [7, 11) is 0. The Kier molecular flexibility index (Phi) is 2.24. The van der Waals surface area contributed by atoms with Crippen LogP contribution in [0.2, 0.25) is 0 Å². The number of hydrogen-bond donors (Lipinski definition) is 0. The lowest BCUT2D eigenvalue weighted by Gasteiger charge is -2.30. The van der Waals surface area contributed by atoms with Crippen LogP contribution in [0.3, 0.4) is 0 Å². The number of fused-ring (bicyclic) bond motifs is 1. The molecule has 1 fully saturated rings. The first-order valence-electron chi connectivity index (χ1n) is 5.16. The molecule has 0 unspecified atom stereocenters. The van der Waals surface area contributed by atoms with Crippen molar-refractivity contribution in [2.75, 3.05) is 13.2 Å². The number of carbonyl (C=O) groups excluding carboxylic acids is 1. The first-order chi connectivity index (χ1) is 7.69. The van der Waals surface area contributed by atoms with Crippen molar-refractivity contribution in [1.82, 2.24) is 4.98 Å². The monoisotopic (exact) mass is 240 g/mol. The highest BCUT2D eigenvalue weighted by Crippen LogP contribution is 2.37. The topological polar surface area (TPSA) is 71.5 Å². The number of nitrogens with zero attached hydrogens (tertiary/aromatic N) is 1. The maximum atomic E-state index is 10.7. The third kappa shape index (κ3) is 1.53. The van der Waals surface area contributed by atoms with Crippen LogP contribution in [0.25, 0.3) is 0 Å². The van der Waals surface area contributed by atoms with Crippen LogP contribution < -0.4 is 5.11 Å². The summed E-state index contributed by atoms with van der Waals surface area (Å²) in [5.41, 5.74) is 0.855. The molecule has 0 N–H and O–H groups in total. The molecule has 1 aromatic heterocycles. The highest BCUT2D eigenvalue weighted by Gasteiger charge is 2.41. The summed E-state index contributed by atoms with van der Waals surface area (Å²) >= 11 is 1.17. The van der Waals surface area contributed by atoms with E-state index < -0.39 is 11.8 Å². The predicted molar refractivity (Wildman–Crippen MR) is 53.1 cm³/mol. The fourth-order valence-electron chi connectivity index (χ4n) is 2.19. The molecule has 2 aliphatic rings. The van der Waals surface area contributed by atoms with Crippen molar-refractivity contribution in [3.63, 3.8) is 0 Å². The van der Waals surface area contributed by atoms with Gasteiger partial charge in [-0.2, -0.15) is 0 Å². The lowest BCUT2D eigenvalue weighted by atomic mass is 9.96. The lowest BCUT2D eigenvalue weighted by Crippen LogP contribution is -2.36. The van der Waals surface area contributed by atoms with E-state index in [-0.39, 0.29) is 5.01 Å². The molecule has 1 aliphatic carbocycles. The maximum absolute atomic E-state index is 10.7. The number of aromatic nitrogens is 1. The number of rotatable bonds is 1. The smallest absolute Gasteiger partial charge is 0.173 e. The Bertz CT molecular complexity index is 436. The van der Waals surface area contributed by atoms with Crippen LogP contribution in [0.4, 0.5) is 0 Å². The van der Waals surface area contributed by atoms with E-state index in [1.165, 1.54) is 11.3 Å². The minimum Gasteiger partial charge on any atom is -0.542 e. The van der Waals surface area contributed by atoms with E-state index in [1.807, 2.05) is 0 Å². The maximum Gasteiger partial charge on any atom is 0.173 e. The van der Waals surface area contributed by atoms with Crippen LogP contribution in [0, 0.1) is 0 Å². The van der Waals surface area contributed by atoms with E-state index in [9.17, 15) is 9.90 Å². The number of carboxylic acids is 1. The van der Waals surface area contributed by atoms with Gasteiger partial charge in [-0.1, -0.05) is 0 Å². The Morgan fingerprint density at radius 1 is 1.44 bits per heavy atom. The quantitative estimate of drug-likeness (QED) is 0.676. The fraction of sp³-hybridized carbons (Fsp3) is 0.600. The van der Waals surface area contributed by atoms with Gasteiger partial charge in [-0.05, 0) is 6.42 Å². The van der Waals surface area contributed by atoms with Crippen LogP contribution in [0.5, 0.6) is 0 Å². The summed E-state index contributed by atoms with van der Waals surface area (Å²) in [5.74, 6) is -1.73. The lowest BCUT2D eigenvalue weighted by molar-refractivity contribution is -0.255. The first-order valence-corrected chi connectivity index (χ1v) is 5.98. The van der Waals surface area contributed by atoms with E-state index in [0.29, 0.717) is 26.1 Å². The van der Waals surface area contributed by atoms with E-state index >= 15 is 0 Å². The van der Waals surface area contributed by atoms with E-state index in [0.717, 1.165) is 17.0 Å². The van der Waals surface area contributed by atoms with Crippen molar-refractivity contribution < 1.29 is 19.4 Å². The molecule has 0 saturated carbocycles. The molecule has 1 spiro atoms. The molecule has 0 radical (unpaired) electrons. The standard InChI is InChI=1S/C10H11NO4S/c12-9(13)8-11-6-1-2-10(5-7(6)16-8)14-3-4-15-10/h1-5H2,(H,12,13)/p-1. The van der Waals surface area contributed by atoms with Crippen LogP contribution in [-0.2, 0) is 22.3 Å². The molecule has 2 heterocycles. The highest BCUT2D eigenvalue weighted by molar-refractivity contribution is 7.13. The second kappa shape index (κ2) is 3.51. The molecular formula is C10H10NO4S-. The third-order valence-corrected chi connectivity index (χ3v) is 4.02. The van der Waals surface area contributed by atoms with Gasteiger partial charge in [0.2, 0.25) is 0 Å². The molecule has 0 aromatic carbocycles. The van der Waals surface area contributed by atoms with Gasteiger partial charge in [-0.15, -0.1) is 11.3 Å². The number of ether oxygens (including phenoxy) is 2. The molecule has 16 heavy (non-hydrogen) atoms. The van der Waals surface area contributed by atoms with E-state index in [1.54, 1.807) is 0 Å². The molecule has 0 amide bonds. The van der Waals surface area contributed by atoms with Crippen molar-refractivity contribution in [2.24, 2.45) is 0 Å². The fourth-order valence-corrected chi connectivity index (χ4v) is 3.22. The Labute approximate surface area is 96.0 Å². The SMILES string of the molecule is O=C([O-])c1nc2c(s1)CC1(CC2)OCCO1. The average molecular weight is 240 g/mol. The highest BCUT2D eigenvalue weighted by atomic mass is 32.1. The van der Waals surface area contributed by atoms with Gasteiger partial charge in [0.05, 0.1) is 18.9 Å². The van der Waals surface area contributed by atoms with Crippen molar-refractivity contribution in [3.05, 3.63) is 15.6 Å². The zero-order valence-corrected chi connectivity index (χ0v) is 9.34. The summed E-state index contributed by atoms with van der Waals surface area (Å²) < 4.78 is 11.2. The van der Waals surface area contributed by atoms with E-state index in [2.05, 4.69) is 4.98 Å². The first kappa shape index (κ1) is 10.2. The average Bonchev–Trinajstić information content (AvgIpc) is 2.85. The van der Waals surface area contributed by atoms with Gasteiger partial charge < -0.3 is 19.4 Å². The largest absolute Gasteiger partial charge is 0.542 e. The molecule has 1 aliphatic heterocycles. The van der Waals surface area contributed by atoms with Gasteiger partial charge in [0.15, 0.2) is 5.79 Å². The van der Waals surface area contributed by atoms with Gasteiger partial charge in [0.1, 0.15) is 11.0 Å². The number of thiazole rings is 1. The van der Waals surface area contributed by atoms with Crippen molar-refractivity contribution in [2.45, 2.75) is 25.0 Å². The molecule has 86 valence electrons. The van der Waals surface area contributed by atoms with Gasteiger partial charge >= 0.3 is 0 Å². The van der Waals surface area contributed by atoms with Gasteiger partial charge in [-0.3, -0.25) is 0 Å². The Hall–Kier alpha value is -0.980. The third-order valence-electron chi connectivity index (χ3n) is 2.94. The zero-order chi connectivity index (χ0) is 11.2. The molecule has 0 atom stereocenters. The summed E-state index contributed by atoms with van der Waals surface area (Å²) in [6.07, 6.45) is 2.06. The van der Waals surface area contributed by atoms with Crippen molar-refractivity contribution in [3.8, 4) is 0 Å². The molecule has 0 bridgehead atoms. The van der Waals surface area contributed by atoms with Gasteiger partial charge in [0, 0.05) is 17.7 Å². The second-order valence-corrected chi connectivity index (χ2v) is 5.04. The minimum absolute atomic E-state index is 0.0556. The normalized spacial score (nSPS) is 22.2. The Morgan fingerprint density at radius 3 is 2.88 bits per heavy atom. The molecule has 5 nitrogen and oxygen atoms in total. The molecule has 6 heteroatoms. The molecule has 1 aromatic rings. The zero-order valence-electron chi connectivity index (χ0n) is 8.52. The number of aromatic carboxylic acids is 1. The Morgan fingerprint density at radius 2 is 2.19 bits per heavy atom. The predicted octanol–water partition coefficient (Wildman–Crippen LogP) is -0.262. The number of aryl methyl sites for hydroxylation is 1. The van der Waals surface area contributed by atoms with Crippen LogP contribution in [0.15, 0.2) is 0 Å². The number of carbonyl (C=O) groups is 1. The molecule has 1 saturated heterocycles. The summed E-state index contributed by atoms with van der Waals surface area (Å²) in [6.45, 7) is 1.23. The van der Waals surface area contributed by atoms with E-state index in [4.69, 9.17) is 9.47 Å². The van der Waals surface area contributed by atoms with Gasteiger partial charge in [-0.25, -0.2) is 4.98 Å². The summed E-state index contributed by atoms with van der Waals surface area (Å²) in [5, 5.41) is 10.8. The Balaban J connectivity index is 1.91. The minimum atomic E-state index is -1.21. The number of hydrogen-bond acceptors (Lipinski definition) is 6. The van der Waals surface area contributed by atoms with Crippen molar-refractivity contribution >= 4 is 17.3 Å². The second-order valence-electron chi connectivity index (χ2n) is 3.96. The van der Waals surface area contributed by atoms with Crippen LogP contribution in [-0.4, -0.2) is 30.0 Å². The molecule has 3 rings (SSSR count). The summed E-state index contributed by atoms with van der Waals surface area (Å²) in [4.78, 5) is 15.7. The van der Waals surface area contributed by atoms with Crippen molar-refractivity contribution in [1.29, 1.82) is 0 Å².